The highest BCUT2D eigenvalue weighted by molar-refractivity contribution is 5.37. The second-order valence-electron chi connectivity index (χ2n) is 6.16. The van der Waals surface area contributed by atoms with Crippen LogP contribution in [0.15, 0.2) is 0 Å². The zero-order valence-corrected chi connectivity index (χ0v) is 13.7. The van der Waals surface area contributed by atoms with Gasteiger partial charge in [-0.05, 0) is 0 Å². The van der Waals surface area contributed by atoms with E-state index in [-0.39, 0.29) is 14.2 Å². The summed E-state index contributed by atoms with van der Waals surface area (Å²) in [6, 6.07) is 0. The third kappa shape index (κ3) is 1.90. The van der Waals surface area contributed by atoms with E-state index in [9.17, 15) is 39.5 Å². The molecule has 0 aliphatic heterocycles. The first-order chi connectivity index (χ1) is 10.8. The SMILES string of the molecule is COC1(OC)C(F)(F)C(F)(C(C)(F)F)C(F)(C(F)(F)C(C)C)C1(F)F. The largest absolute Gasteiger partial charge is 0.350 e. The molecule has 0 amide bonds. The number of methoxy groups -OCH3 is 2. The van der Waals surface area contributed by atoms with Gasteiger partial charge in [0.15, 0.2) is 0 Å². The maximum absolute atomic E-state index is 15.0. The van der Waals surface area contributed by atoms with Gasteiger partial charge in [0, 0.05) is 27.1 Å². The van der Waals surface area contributed by atoms with Crippen molar-refractivity contribution in [3.05, 3.63) is 0 Å². The van der Waals surface area contributed by atoms with E-state index in [1.54, 1.807) is 0 Å². The molecule has 0 aromatic carbocycles. The number of rotatable bonds is 5. The van der Waals surface area contributed by atoms with Crippen LogP contribution in [0.4, 0.5) is 43.9 Å². The molecule has 1 fully saturated rings. The zero-order valence-electron chi connectivity index (χ0n) is 13.7. The van der Waals surface area contributed by atoms with Crippen molar-refractivity contribution in [3.63, 3.8) is 0 Å². The lowest BCUT2D eigenvalue weighted by Gasteiger charge is -2.44. The predicted molar refractivity (Wildman–Crippen MR) is 64.7 cm³/mol. The summed E-state index contributed by atoms with van der Waals surface area (Å²) in [6.45, 7) is 0.0515. The molecule has 0 aromatic heterocycles. The van der Waals surface area contributed by atoms with Crippen LogP contribution in [-0.4, -0.2) is 55.0 Å². The molecule has 2 atom stereocenters. The summed E-state index contributed by atoms with van der Waals surface area (Å²) in [7, 11) is 0.0810. The summed E-state index contributed by atoms with van der Waals surface area (Å²) in [5.74, 6) is -31.4. The highest BCUT2D eigenvalue weighted by Gasteiger charge is 3.06. The molecule has 0 heterocycles. The Morgan fingerprint density at radius 3 is 1.28 bits per heavy atom. The van der Waals surface area contributed by atoms with E-state index in [4.69, 9.17) is 0 Å². The van der Waals surface area contributed by atoms with Crippen molar-refractivity contribution in [2.24, 2.45) is 5.92 Å². The van der Waals surface area contributed by atoms with E-state index in [1.165, 1.54) is 0 Å². The molecule has 0 radical (unpaired) electrons. The quantitative estimate of drug-likeness (QED) is 0.501. The van der Waals surface area contributed by atoms with Crippen LogP contribution >= 0.6 is 0 Å². The minimum absolute atomic E-state index is 0.0405. The van der Waals surface area contributed by atoms with E-state index >= 15 is 4.39 Å². The van der Waals surface area contributed by atoms with Crippen molar-refractivity contribution in [2.45, 2.75) is 61.6 Å². The number of ether oxygens (including phenoxy) is 2. The fraction of sp³-hybridized carbons (Fsp3) is 1.00. The van der Waals surface area contributed by atoms with Crippen molar-refractivity contribution < 1.29 is 53.4 Å². The van der Waals surface area contributed by atoms with Crippen LogP contribution in [0.25, 0.3) is 0 Å². The molecule has 1 aliphatic rings. The maximum atomic E-state index is 15.0. The highest BCUT2D eigenvalue weighted by Crippen LogP contribution is 2.75. The van der Waals surface area contributed by atoms with Crippen molar-refractivity contribution in [1.29, 1.82) is 0 Å². The summed E-state index contributed by atoms with van der Waals surface area (Å²) in [5, 5.41) is 0. The van der Waals surface area contributed by atoms with Crippen LogP contribution in [0.5, 0.6) is 0 Å². The Morgan fingerprint density at radius 2 is 1.04 bits per heavy atom. The molecule has 1 rings (SSSR count). The number of hydrogen-bond donors (Lipinski definition) is 0. The molecule has 0 saturated heterocycles. The first-order valence-corrected chi connectivity index (χ1v) is 6.81. The maximum Gasteiger partial charge on any atom is 0.350 e. The Kier molecular flexibility index (Phi) is 4.78. The molecule has 150 valence electrons. The Bertz CT molecular complexity index is 525. The highest BCUT2D eigenvalue weighted by atomic mass is 19.3. The van der Waals surface area contributed by atoms with Gasteiger partial charge in [-0.2, -0.15) is 17.6 Å². The van der Waals surface area contributed by atoms with Gasteiger partial charge in [-0.15, -0.1) is 0 Å². The van der Waals surface area contributed by atoms with Gasteiger partial charge in [0.1, 0.15) is 0 Å². The van der Waals surface area contributed by atoms with Gasteiger partial charge >= 0.3 is 17.6 Å². The minimum atomic E-state index is -6.37. The van der Waals surface area contributed by atoms with Gasteiger partial charge in [0.2, 0.25) is 0 Å². The molecule has 1 saturated carbocycles. The Balaban J connectivity index is 4.17. The fourth-order valence-electron chi connectivity index (χ4n) is 3.09. The number of hydrogen-bond acceptors (Lipinski definition) is 2. The van der Waals surface area contributed by atoms with Crippen LogP contribution in [0.1, 0.15) is 20.8 Å². The van der Waals surface area contributed by atoms with E-state index in [2.05, 4.69) is 9.47 Å². The van der Waals surface area contributed by atoms with Crippen molar-refractivity contribution in [3.8, 4) is 0 Å². The first kappa shape index (κ1) is 22.3. The molecule has 0 aromatic rings. The van der Waals surface area contributed by atoms with Crippen LogP contribution < -0.4 is 0 Å². The van der Waals surface area contributed by atoms with E-state index in [0.29, 0.717) is 13.8 Å². The van der Waals surface area contributed by atoms with Crippen LogP contribution in [0, 0.1) is 5.92 Å². The van der Waals surface area contributed by atoms with Crippen LogP contribution in [0.3, 0.4) is 0 Å². The fourth-order valence-corrected chi connectivity index (χ4v) is 3.09. The number of alkyl halides is 10. The topological polar surface area (TPSA) is 18.5 Å². The summed E-state index contributed by atoms with van der Waals surface area (Å²) in [5.41, 5.74) is -12.7. The van der Waals surface area contributed by atoms with Gasteiger partial charge in [-0.1, -0.05) is 13.8 Å². The minimum Gasteiger partial charge on any atom is -0.343 e. The van der Waals surface area contributed by atoms with Crippen LogP contribution in [0.2, 0.25) is 0 Å². The van der Waals surface area contributed by atoms with Crippen molar-refractivity contribution in [1.82, 2.24) is 0 Å². The Morgan fingerprint density at radius 1 is 0.720 bits per heavy atom. The first-order valence-electron chi connectivity index (χ1n) is 6.81. The van der Waals surface area contributed by atoms with Gasteiger partial charge < -0.3 is 9.47 Å². The van der Waals surface area contributed by atoms with E-state index in [0.717, 1.165) is 0 Å². The van der Waals surface area contributed by atoms with Gasteiger partial charge in [-0.25, -0.2) is 26.3 Å². The lowest BCUT2D eigenvalue weighted by Crippen LogP contribution is -2.73. The van der Waals surface area contributed by atoms with Gasteiger partial charge in [-0.3, -0.25) is 0 Å². The third-order valence-corrected chi connectivity index (χ3v) is 4.53. The lowest BCUT2D eigenvalue weighted by molar-refractivity contribution is -0.392. The molecule has 0 bridgehead atoms. The van der Waals surface area contributed by atoms with Gasteiger partial charge in [0.05, 0.1) is 0 Å². The second kappa shape index (κ2) is 5.37. The van der Waals surface area contributed by atoms with E-state index in [1.807, 2.05) is 0 Å². The molecule has 2 nitrogen and oxygen atoms in total. The average Bonchev–Trinajstić information content (AvgIpc) is 2.52. The third-order valence-electron chi connectivity index (χ3n) is 4.53. The van der Waals surface area contributed by atoms with Crippen molar-refractivity contribution >= 4 is 0 Å². The molecule has 12 heteroatoms. The molecular weight excluding hydrogens is 378 g/mol. The molecule has 25 heavy (non-hydrogen) atoms. The van der Waals surface area contributed by atoms with E-state index < -0.39 is 53.7 Å². The summed E-state index contributed by atoms with van der Waals surface area (Å²) in [6.07, 6.45) is 0. The normalized spacial score (nSPS) is 34.6. The lowest BCUT2D eigenvalue weighted by atomic mass is 9.74. The zero-order chi connectivity index (χ0) is 20.5. The predicted octanol–water partition coefficient (Wildman–Crippen LogP) is 4.62. The number of halogens is 10. The summed E-state index contributed by atoms with van der Waals surface area (Å²) < 4.78 is 151. The van der Waals surface area contributed by atoms with Crippen molar-refractivity contribution in [2.75, 3.05) is 14.2 Å². The Hall–Kier alpha value is -0.780. The molecule has 1 aliphatic carbocycles. The average molecular weight is 394 g/mol. The second-order valence-corrected chi connectivity index (χ2v) is 6.16. The molecular formula is C13H16F10O2. The Labute approximate surface area is 136 Å². The standard InChI is InChI=1S/C13H16F10O2/c1-6(2)8(16,17)10(19)9(18,7(3,14)15)11(20,21)13(24-4,25-5)12(10,22)23/h6H,1-5H3. The van der Waals surface area contributed by atoms with Crippen LogP contribution in [-0.2, 0) is 9.47 Å². The van der Waals surface area contributed by atoms with Gasteiger partial charge in [0.25, 0.3) is 23.2 Å². The molecule has 0 N–H and O–H groups in total. The molecule has 0 spiro atoms. The monoisotopic (exact) mass is 394 g/mol. The smallest absolute Gasteiger partial charge is 0.343 e. The summed E-state index contributed by atoms with van der Waals surface area (Å²) >= 11 is 0. The molecule has 2 unspecified atom stereocenters. The summed E-state index contributed by atoms with van der Waals surface area (Å²) in [4.78, 5) is 0.